The number of nitrogens with zero attached hydrogens (tertiary/aromatic N) is 3. The Hall–Kier alpha value is -1.75. The Morgan fingerprint density at radius 1 is 1.15 bits per heavy atom. The molecule has 0 spiro atoms. The zero-order chi connectivity index (χ0) is 14.7. The van der Waals surface area contributed by atoms with Crippen LogP contribution >= 0.6 is 0 Å². The molecule has 0 saturated heterocycles. The Balaban J connectivity index is 2.12. The van der Waals surface area contributed by atoms with E-state index in [0.29, 0.717) is 24.1 Å². The van der Waals surface area contributed by atoms with Crippen molar-refractivity contribution in [2.45, 2.75) is 46.6 Å². The van der Waals surface area contributed by atoms with Crippen LogP contribution in [0.4, 0.5) is 0 Å². The van der Waals surface area contributed by atoms with Crippen molar-refractivity contribution in [3.05, 3.63) is 29.4 Å². The minimum absolute atomic E-state index is 0.0595. The molecule has 0 aliphatic carbocycles. The second-order valence-corrected chi connectivity index (χ2v) is 5.74. The zero-order valence-corrected chi connectivity index (χ0v) is 12.6. The van der Waals surface area contributed by atoms with Gasteiger partial charge < -0.3 is 10.3 Å². The molecule has 1 atom stereocenters. The molecule has 0 aliphatic rings. The number of hydrogen-bond donors (Lipinski definition) is 1. The molecular formula is C15H22N4O. The molecule has 108 valence electrons. The molecule has 2 heterocycles. The molecule has 2 N–H and O–H groups in total. The summed E-state index contributed by atoms with van der Waals surface area (Å²) in [5.74, 6) is 1.77. The molecule has 1 unspecified atom stereocenters. The molecule has 2 aromatic rings. The van der Waals surface area contributed by atoms with Crippen LogP contribution in [0.25, 0.3) is 11.4 Å². The van der Waals surface area contributed by atoms with Crippen LogP contribution in [0.3, 0.4) is 0 Å². The number of aryl methyl sites for hydroxylation is 2. The fourth-order valence-electron chi connectivity index (χ4n) is 2.33. The lowest BCUT2D eigenvalue weighted by molar-refractivity contribution is 0.359. The van der Waals surface area contributed by atoms with Crippen LogP contribution in [0.5, 0.6) is 0 Å². The van der Waals surface area contributed by atoms with Gasteiger partial charge in [-0.15, -0.1) is 0 Å². The first-order valence-corrected chi connectivity index (χ1v) is 6.98. The molecule has 0 saturated carbocycles. The van der Waals surface area contributed by atoms with Crippen molar-refractivity contribution < 1.29 is 4.52 Å². The fraction of sp³-hybridized carbons (Fsp3) is 0.533. The Kier molecular flexibility index (Phi) is 4.49. The van der Waals surface area contributed by atoms with E-state index in [0.717, 1.165) is 23.4 Å². The molecule has 5 heteroatoms. The standard InChI is InChI=1S/C15H22N4O/c1-9(2)5-13(16)8-14-18-15(19-20-14)12-6-10(3)17-11(4)7-12/h6-7,9,13H,5,8,16H2,1-4H3. The highest BCUT2D eigenvalue weighted by molar-refractivity contribution is 5.55. The maximum Gasteiger partial charge on any atom is 0.228 e. The number of nitrogens with two attached hydrogens (primary N) is 1. The van der Waals surface area contributed by atoms with Gasteiger partial charge in [0.05, 0.1) is 0 Å². The molecule has 0 radical (unpaired) electrons. The van der Waals surface area contributed by atoms with Gasteiger partial charge in [0.15, 0.2) is 0 Å². The van der Waals surface area contributed by atoms with Crippen LogP contribution in [0.2, 0.25) is 0 Å². The van der Waals surface area contributed by atoms with E-state index in [9.17, 15) is 0 Å². The van der Waals surface area contributed by atoms with E-state index in [2.05, 4.69) is 29.0 Å². The molecule has 5 nitrogen and oxygen atoms in total. The molecule has 20 heavy (non-hydrogen) atoms. The Morgan fingerprint density at radius 2 is 1.80 bits per heavy atom. The summed E-state index contributed by atoms with van der Waals surface area (Å²) >= 11 is 0. The van der Waals surface area contributed by atoms with Crippen LogP contribution in [0.15, 0.2) is 16.7 Å². The normalized spacial score (nSPS) is 12.9. The van der Waals surface area contributed by atoms with Crippen LogP contribution in [0, 0.1) is 19.8 Å². The van der Waals surface area contributed by atoms with Gasteiger partial charge in [0.1, 0.15) is 0 Å². The average molecular weight is 274 g/mol. The van der Waals surface area contributed by atoms with Gasteiger partial charge in [0, 0.05) is 29.4 Å². The van der Waals surface area contributed by atoms with E-state index in [1.165, 1.54) is 0 Å². The van der Waals surface area contributed by atoms with Crippen molar-refractivity contribution in [2.24, 2.45) is 11.7 Å². The molecule has 0 aliphatic heterocycles. The molecule has 2 rings (SSSR count). The second-order valence-electron chi connectivity index (χ2n) is 5.74. The summed E-state index contributed by atoms with van der Waals surface area (Å²) in [6.07, 6.45) is 1.57. The third-order valence-corrected chi connectivity index (χ3v) is 3.02. The van der Waals surface area contributed by atoms with Crippen molar-refractivity contribution in [1.29, 1.82) is 0 Å². The number of aromatic nitrogens is 3. The predicted molar refractivity (Wildman–Crippen MR) is 78.1 cm³/mol. The monoisotopic (exact) mass is 274 g/mol. The van der Waals surface area contributed by atoms with Crippen LogP contribution in [-0.2, 0) is 6.42 Å². The Bertz CT molecular complexity index is 557. The van der Waals surface area contributed by atoms with Gasteiger partial charge in [-0.1, -0.05) is 19.0 Å². The molecule has 0 bridgehead atoms. The van der Waals surface area contributed by atoms with Gasteiger partial charge in [-0.05, 0) is 38.3 Å². The summed E-state index contributed by atoms with van der Waals surface area (Å²) in [7, 11) is 0. The van der Waals surface area contributed by atoms with Gasteiger partial charge in [0.2, 0.25) is 11.7 Å². The highest BCUT2D eigenvalue weighted by Crippen LogP contribution is 2.18. The fourth-order valence-corrected chi connectivity index (χ4v) is 2.33. The summed E-state index contributed by atoms with van der Waals surface area (Å²) in [5.41, 5.74) is 8.89. The Labute approximate surface area is 119 Å². The lowest BCUT2D eigenvalue weighted by Gasteiger charge is -2.10. The molecule has 2 aromatic heterocycles. The predicted octanol–water partition coefficient (Wildman–Crippen LogP) is 2.66. The number of rotatable bonds is 5. The van der Waals surface area contributed by atoms with E-state index < -0.39 is 0 Å². The first-order valence-electron chi connectivity index (χ1n) is 6.98. The summed E-state index contributed by atoms with van der Waals surface area (Å²) < 4.78 is 5.29. The summed E-state index contributed by atoms with van der Waals surface area (Å²) in [6.45, 7) is 8.22. The third-order valence-electron chi connectivity index (χ3n) is 3.02. The minimum Gasteiger partial charge on any atom is -0.339 e. The maximum atomic E-state index is 6.07. The van der Waals surface area contributed by atoms with Gasteiger partial charge >= 0.3 is 0 Å². The summed E-state index contributed by atoms with van der Waals surface area (Å²) in [5, 5.41) is 4.03. The van der Waals surface area contributed by atoms with Gasteiger partial charge in [-0.25, -0.2) is 0 Å². The van der Waals surface area contributed by atoms with Crippen LogP contribution in [0.1, 0.15) is 37.5 Å². The molecule has 0 amide bonds. The third kappa shape index (κ3) is 3.87. The lowest BCUT2D eigenvalue weighted by Crippen LogP contribution is -2.24. The summed E-state index contributed by atoms with van der Waals surface area (Å²) in [4.78, 5) is 8.77. The Morgan fingerprint density at radius 3 is 2.40 bits per heavy atom. The largest absolute Gasteiger partial charge is 0.339 e. The molecule has 0 fully saturated rings. The second kappa shape index (κ2) is 6.13. The average Bonchev–Trinajstić information content (AvgIpc) is 2.74. The lowest BCUT2D eigenvalue weighted by atomic mass is 10.0. The smallest absolute Gasteiger partial charge is 0.228 e. The van der Waals surface area contributed by atoms with E-state index in [4.69, 9.17) is 10.3 Å². The topological polar surface area (TPSA) is 77.8 Å². The van der Waals surface area contributed by atoms with Crippen molar-refractivity contribution in [3.63, 3.8) is 0 Å². The SMILES string of the molecule is Cc1cc(-c2noc(CC(N)CC(C)C)n2)cc(C)n1. The van der Waals surface area contributed by atoms with E-state index in [1.54, 1.807) is 0 Å². The molecule has 0 aromatic carbocycles. The first kappa shape index (κ1) is 14.7. The van der Waals surface area contributed by atoms with E-state index >= 15 is 0 Å². The van der Waals surface area contributed by atoms with Crippen LogP contribution in [-0.4, -0.2) is 21.2 Å². The van der Waals surface area contributed by atoms with Crippen molar-refractivity contribution in [2.75, 3.05) is 0 Å². The maximum absolute atomic E-state index is 6.07. The van der Waals surface area contributed by atoms with Crippen molar-refractivity contribution in [1.82, 2.24) is 15.1 Å². The van der Waals surface area contributed by atoms with Crippen LogP contribution < -0.4 is 5.73 Å². The number of pyridine rings is 1. The van der Waals surface area contributed by atoms with Gasteiger partial charge in [-0.2, -0.15) is 4.98 Å². The van der Waals surface area contributed by atoms with Gasteiger partial charge in [-0.3, -0.25) is 4.98 Å². The van der Waals surface area contributed by atoms with Crippen molar-refractivity contribution >= 4 is 0 Å². The quantitative estimate of drug-likeness (QED) is 0.907. The first-order chi connectivity index (χ1) is 9.44. The van der Waals surface area contributed by atoms with E-state index in [-0.39, 0.29) is 6.04 Å². The highest BCUT2D eigenvalue weighted by atomic mass is 16.5. The van der Waals surface area contributed by atoms with E-state index in [1.807, 2.05) is 26.0 Å². The van der Waals surface area contributed by atoms with Gasteiger partial charge in [0.25, 0.3) is 0 Å². The summed E-state index contributed by atoms with van der Waals surface area (Å²) in [6, 6.07) is 3.97. The van der Waals surface area contributed by atoms with Crippen molar-refractivity contribution in [3.8, 4) is 11.4 Å². The number of hydrogen-bond acceptors (Lipinski definition) is 5. The zero-order valence-electron chi connectivity index (χ0n) is 12.6. The minimum atomic E-state index is 0.0595. The highest BCUT2D eigenvalue weighted by Gasteiger charge is 2.14. The molecular weight excluding hydrogens is 252 g/mol.